The van der Waals surface area contributed by atoms with E-state index in [1.165, 1.54) is 22.6 Å². The van der Waals surface area contributed by atoms with Gasteiger partial charge in [-0.05, 0) is 30.7 Å². The molecule has 0 unspecified atom stereocenters. The molecular weight excluding hydrogens is 288 g/mol. The summed E-state index contributed by atoms with van der Waals surface area (Å²) in [6.45, 7) is 0.353. The Morgan fingerprint density at radius 3 is 2.76 bits per heavy atom. The number of pyridine rings is 1. The molecule has 21 heavy (non-hydrogen) atoms. The van der Waals surface area contributed by atoms with Gasteiger partial charge in [-0.1, -0.05) is 6.07 Å². The van der Waals surface area contributed by atoms with Crippen LogP contribution >= 0.6 is 0 Å². The van der Waals surface area contributed by atoms with E-state index in [1.807, 2.05) is 6.07 Å². The molecule has 0 radical (unpaired) electrons. The van der Waals surface area contributed by atoms with Gasteiger partial charge in [0.05, 0.1) is 5.69 Å². The van der Waals surface area contributed by atoms with Gasteiger partial charge in [0.1, 0.15) is 16.7 Å². The number of nitrogens with two attached hydrogens (primary N) is 1. The van der Waals surface area contributed by atoms with Crippen LogP contribution in [0.25, 0.3) is 0 Å². The molecule has 1 aliphatic rings. The second-order valence-corrected chi connectivity index (χ2v) is 6.53. The number of hydrogen-bond acceptors (Lipinski definition) is 5. The zero-order valence-corrected chi connectivity index (χ0v) is 11.8. The zero-order chi connectivity index (χ0) is 15.0. The lowest BCUT2D eigenvalue weighted by molar-refractivity contribution is 0.592. The predicted molar refractivity (Wildman–Crippen MR) is 78.0 cm³/mol. The number of nitriles is 1. The average Bonchev–Trinajstić information content (AvgIpc) is 2.93. The maximum Gasteiger partial charge on any atom is 0.265 e. The summed E-state index contributed by atoms with van der Waals surface area (Å²) >= 11 is 0. The summed E-state index contributed by atoms with van der Waals surface area (Å²) in [6, 6.07) is 9.89. The maximum absolute atomic E-state index is 12.7. The minimum Gasteiger partial charge on any atom is -0.398 e. The normalized spacial score (nSPS) is 13.8. The number of fused-ring (bicyclic) bond motifs is 1. The van der Waals surface area contributed by atoms with Crippen LogP contribution in [-0.4, -0.2) is 19.9 Å². The van der Waals surface area contributed by atoms with Crippen molar-refractivity contribution in [1.82, 2.24) is 4.98 Å². The molecule has 2 aromatic rings. The van der Waals surface area contributed by atoms with Crippen molar-refractivity contribution in [3.63, 3.8) is 0 Å². The molecule has 1 aromatic carbocycles. The van der Waals surface area contributed by atoms with Gasteiger partial charge in [-0.25, -0.2) is 13.4 Å². The van der Waals surface area contributed by atoms with Gasteiger partial charge in [-0.3, -0.25) is 4.31 Å². The summed E-state index contributed by atoms with van der Waals surface area (Å²) < 4.78 is 26.7. The van der Waals surface area contributed by atoms with Gasteiger partial charge in [0.15, 0.2) is 0 Å². The van der Waals surface area contributed by atoms with E-state index >= 15 is 0 Å². The highest BCUT2D eigenvalue weighted by Crippen LogP contribution is 2.35. The van der Waals surface area contributed by atoms with E-state index in [9.17, 15) is 8.42 Å². The topological polar surface area (TPSA) is 100 Å². The summed E-state index contributed by atoms with van der Waals surface area (Å²) in [5.74, 6) is 0. The molecule has 0 spiro atoms. The Balaban J connectivity index is 2.05. The monoisotopic (exact) mass is 300 g/mol. The molecule has 0 saturated heterocycles. The lowest BCUT2D eigenvalue weighted by atomic mass is 10.1. The molecule has 1 aliphatic heterocycles. The molecule has 106 valence electrons. The van der Waals surface area contributed by atoms with Crippen LogP contribution in [0.3, 0.4) is 0 Å². The van der Waals surface area contributed by atoms with Crippen LogP contribution in [0.5, 0.6) is 0 Å². The van der Waals surface area contributed by atoms with E-state index in [0.29, 0.717) is 24.3 Å². The van der Waals surface area contributed by atoms with Crippen molar-refractivity contribution in [3.05, 3.63) is 47.8 Å². The second kappa shape index (κ2) is 4.75. The average molecular weight is 300 g/mol. The summed E-state index contributed by atoms with van der Waals surface area (Å²) in [6.07, 6.45) is 1.79. The van der Waals surface area contributed by atoms with Gasteiger partial charge < -0.3 is 5.73 Å². The van der Waals surface area contributed by atoms with Crippen molar-refractivity contribution >= 4 is 21.4 Å². The molecule has 0 aliphatic carbocycles. The SMILES string of the molecule is N#Cc1ccc(S(=O)(=O)N2CCc3c(N)cccc32)cn1. The van der Waals surface area contributed by atoms with Gasteiger partial charge >= 0.3 is 0 Å². The largest absolute Gasteiger partial charge is 0.398 e. The van der Waals surface area contributed by atoms with E-state index in [2.05, 4.69) is 4.98 Å². The van der Waals surface area contributed by atoms with Crippen molar-refractivity contribution in [2.45, 2.75) is 11.3 Å². The van der Waals surface area contributed by atoms with Crippen molar-refractivity contribution < 1.29 is 8.42 Å². The standard InChI is InChI=1S/C14H12N4O2S/c15-8-10-4-5-11(9-17-10)21(19,20)18-7-6-12-13(16)2-1-3-14(12)18/h1-5,9H,6-7,16H2. The van der Waals surface area contributed by atoms with Crippen molar-refractivity contribution in [2.75, 3.05) is 16.6 Å². The Morgan fingerprint density at radius 1 is 1.29 bits per heavy atom. The first kappa shape index (κ1) is 13.4. The van der Waals surface area contributed by atoms with Crippen LogP contribution in [0.15, 0.2) is 41.4 Å². The van der Waals surface area contributed by atoms with Gasteiger partial charge in [0.2, 0.25) is 0 Å². The Bertz CT molecular complexity index is 838. The van der Waals surface area contributed by atoms with Crippen LogP contribution in [0.2, 0.25) is 0 Å². The Hall–Kier alpha value is -2.59. The fraction of sp³-hybridized carbons (Fsp3) is 0.143. The fourth-order valence-electron chi connectivity index (χ4n) is 2.41. The lowest BCUT2D eigenvalue weighted by Gasteiger charge is -2.19. The molecule has 0 fully saturated rings. The number of hydrogen-bond donors (Lipinski definition) is 1. The first-order valence-electron chi connectivity index (χ1n) is 6.30. The van der Waals surface area contributed by atoms with E-state index < -0.39 is 10.0 Å². The second-order valence-electron chi connectivity index (χ2n) is 4.66. The van der Waals surface area contributed by atoms with E-state index in [4.69, 9.17) is 11.0 Å². The fourth-order valence-corrected chi connectivity index (χ4v) is 3.85. The van der Waals surface area contributed by atoms with Crippen molar-refractivity contribution in [3.8, 4) is 6.07 Å². The molecule has 3 rings (SSSR count). The number of rotatable bonds is 2. The van der Waals surface area contributed by atoms with Crippen molar-refractivity contribution in [1.29, 1.82) is 5.26 Å². The third kappa shape index (κ3) is 2.10. The molecule has 1 aromatic heterocycles. The summed E-state index contributed by atoms with van der Waals surface area (Å²) in [5, 5.41) is 8.72. The number of sulfonamides is 1. The molecule has 7 heteroatoms. The highest BCUT2D eigenvalue weighted by atomic mass is 32.2. The molecule has 0 amide bonds. The molecule has 0 atom stereocenters. The van der Waals surface area contributed by atoms with Crippen LogP contribution in [0.4, 0.5) is 11.4 Å². The first-order chi connectivity index (χ1) is 10.0. The van der Waals surface area contributed by atoms with Crippen LogP contribution in [0.1, 0.15) is 11.3 Å². The third-order valence-electron chi connectivity index (χ3n) is 3.46. The zero-order valence-electron chi connectivity index (χ0n) is 11.0. The quantitative estimate of drug-likeness (QED) is 0.842. The molecule has 6 nitrogen and oxygen atoms in total. The number of aromatic nitrogens is 1. The van der Waals surface area contributed by atoms with Gasteiger partial charge in [0.25, 0.3) is 10.0 Å². The highest BCUT2D eigenvalue weighted by molar-refractivity contribution is 7.92. The summed E-state index contributed by atoms with van der Waals surface area (Å²) in [4.78, 5) is 3.88. The number of nitrogen functional groups attached to an aromatic ring is 1. The molecule has 0 bridgehead atoms. The van der Waals surface area contributed by atoms with Crippen LogP contribution < -0.4 is 10.0 Å². The van der Waals surface area contributed by atoms with Crippen LogP contribution in [0, 0.1) is 11.3 Å². The smallest absolute Gasteiger partial charge is 0.265 e. The number of nitrogens with zero attached hydrogens (tertiary/aromatic N) is 3. The summed E-state index contributed by atoms with van der Waals surface area (Å²) in [5.41, 5.74) is 8.13. The van der Waals surface area contributed by atoms with Crippen LogP contribution in [-0.2, 0) is 16.4 Å². The van der Waals surface area contributed by atoms with Gasteiger partial charge in [0, 0.05) is 24.0 Å². The van der Waals surface area contributed by atoms with Gasteiger partial charge in [-0.2, -0.15) is 5.26 Å². The maximum atomic E-state index is 12.7. The highest BCUT2D eigenvalue weighted by Gasteiger charge is 2.31. The minimum absolute atomic E-state index is 0.0665. The van der Waals surface area contributed by atoms with E-state index in [1.54, 1.807) is 18.2 Å². The van der Waals surface area contributed by atoms with Crippen molar-refractivity contribution in [2.24, 2.45) is 0 Å². The predicted octanol–water partition coefficient (Wildman–Crippen LogP) is 1.29. The third-order valence-corrected chi connectivity index (χ3v) is 5.26. The molecule has 2 N–H and O–H groups in total. The Kier molecular flexibility index (Phi) is 3.03. The molecular formula is C14H12N4O2S. The minimum atomic E-state index is -3.69. The molecule has 2 heterocycles. The van der Waals surface area contributed by atoms with Gasteiger partial charge in [-0.15, -0.1) is 0 Å². The number of anilines is 2. The first-order valence-corrected chi connectivity index (χ1v) is 7.74. The van der Waals surface area contributed by atoms with E-state index in [0.717, 1.165) is 5.56 Å². The summed E-state index contributed by atoms with van der Waals surface area (Å²) in [7, 11) is -3.69. The Labute approximate surface area is 122 Å². The lowest BCUT2D eigenvalue weighted by Crippen LogP contribution is -2.29. The molecule has 0 saturated carbocycles. The number of benzene rings is 1. The Morgan fingerprint density at radius 2 is 2.10 bits per heavy atom. The van der Waals surface area contributed by atoms with E-state index in [-0.39, 0.29) is 10.6 Å².